The van der Waals surface area contributed by atoms with Crippen LogP contribution < -0.4 is 10.6 Å². The van der Waals surface area contributed by atoms with Crippen LogP contribution in [0.4, 0.5) is 0 Å². The minimum atomic E-state index is -1.30. The summed E-state index contributed by atoms with van der Waals surface area (Å²) >= 11 is 0. The number of carbonyl (C=O) groups excluding carboxylic acids is 2. The van der Waals surface area contributed by atoms with Crippen molar-refractivity contribution in [3.8, 4) is 0 Å². The minimum Gasteiger partial charge on any atom is -0.368 e. The van der Waals surface area contributed by atoms with Gasteiger partial charge in [-0.1, -0.05) is 31.2 Å². The molecule has 4 N–H and O–H groups in total. The van der Waals surface area contributed by atoms with E-state index >= 15 is 0 Å². The van der Waals surface area contributed by atoms with Gasteiger partial charge in [0, 0.05) is 18.0 Å². The third-order valence-electron chi connectivity index (χ3n) is 8.92. The molecule has 3 aliphatic rings. The Morgan fingerprint density at radius 1 is 1.03 bits per heavy atom. The van der Waals surface area contributed by atoms with Crippen LogP contribution in [0.5, 0.6) is 0 Å². The predicted octanol–water partition coefficient (Wildman–Crippen LogP) is 2.02. The van der Waals surface area contributed by atoms with Crippen LogP contribution in [0.1, 0.15) is 77.2 Å². The van der Waals surface area contributed by atoms with Crippen molar-refractivity contribution in [2.75, 3.05) is 0 Å². The first-order valence-electron chi connectivity index (χ1n) is 13.2. The monoisotopic (exact) mass is 504 g/mol. The first-order chi connectivity index (χ1) is 17.9. The number of aliphatic hydroxyl groups is 2. The summed E-state index contributed by atoms with van der Waals surface area (Å²) in [4.78, 5) is 35.2. The molecule has 2 heterocycles. The summed E-state index contributed by atoms with van der Waals surface area (Å²) < 4.78 is 1.37. The number of benzene rings is 1. The van der Waals surface area contributed by atoms with Gasteiger partial charge >= 0.3 is 0 Å². The van der Waals surface area contributed by atoms with E-state index in [1.54, 1.807) is 0 Å². The highest BCUT2D eigenvalue weighted by molar-refractivity contribution is 5.98. The Labute approximate surface area is 214 Å². The van der Waals surface area contributed by atoms with E-state index in [2.05, 4.69) is 38.7 Å². The van der Waals surface area contributed by atoms with Crippen molar-refractivity contribution >= 4 is 17.6 Å². The van der Waals surface area contributed by atoms with Gasteiger partial charge in [0.05, 0.1) is 6.04 Å². The van der Waals surface area contributed by atoms with Crippen molar-refractivity contribution in [2.24, 2.45) is 23.7 Å². The fraction of sp³-hybridized carbons (Fsp3) is 0.519. The number of nitrogens with zero attached hydrogens (tertiary/aromatic N) is 4. The Morgan fingerprint density at radius 3 is 2.68 bits per heavy atom. The first kappa shape index (κ1) is 24.0. The van der Waals surface area contributed by atoms with E-state index in [1.165, 1.54) is 22.5 Å². The Bertz CT molecular complexity index is 1340. The molecule has 6 atom stereocenters. The molecule has 1 aromatic carbocycles. The molecular weight excluding hydrogens is 472 g/mol. The molecule has 2 aromatic heterocycles. The molecule has 3 aromatic rings. The zero-order chi connectivity index (χ0) is 25.7. The van der Waals surface area contributed by atoms with Gasteiger partial charge in [-0.05, 0) is 67.4 Å². The summed E-state index contributed by atoms with van der Waals surface area (Å²) in [6.45, 7) is 2.08. The highest BCUT2D eigenvalue weighted by Crippen LogP contribution is 2.48. The molecule has 0 bridgehead atoms. The number of fused-ring (bicyclic) bond motifs is 3. The molecule has 10 heteroatoms. The lowest BCUT2D eigenvalue weighted by molar-refractivity contribution is -0.121. The van der Waals surface area contributed by atoms with Gasteiger partial charge in [0.1, 0.15) is 17.7 Å². The summed E-state index contributed by atoms with van der Waals surface area (Å²) in [6.07, 6.45) is 5.09. The van der Waals surface area contributed by atoms with Gasteiger partial charge in [0.25, 0.3) is 17.6 Å². The van der Waals surface area contributed by atoms with Gasteiger partial charge in [-0.2, -0.15) is 14.6 Å². The topological polar surface area (TPSA) is 142 Å². The van der Waals surface area contributed by atoms with Gasteiger partial charge in [0.15, 0.2) is 6.29 Å². The smallest absolute Gasteiger partial charge is 0.270 e. The predicted molar refractivity (Wildman–Crippen MR) is 133 cm³/mol. The Morgan fingerprint density at radius 2 is 1.84 bits per heavy atom. The lowest BCUT2D eigenvalue weighted by Gasteiger charge is -2.40. The van der Waals surface area contributed by atoms with Crippen LogP contribution in [-0.4, -0.2) is 53.9 Å². The van der Waals surface area contributed by atoms with Crippen molar-refractivity contribution in [2.45, 2.75) is 63.8 Å². The van der Waals surface area contributed by atoms with Crippen LogP contribution in [0.3, 0.4) is 0 Å². The molecule has 6 rings (SSSR count). The van der Waals surface area contributed by atoms with Crippen LogP contribution in [0.25, 0.3) is 5.78 Å². The van der Waals surface area contributed by atoms with Gasteiger partial charge in [-0.15, -0.1) is 0 Å². The lowest BCUT2D eigenvalue weighted by atomic mass is 9.68. The van der Waals surface area contributed by atoms with Crippen molar-refractivity contribution in [3.05, 3.63) is 59.2 Å². The maximum atomic E-state index is 13.5. The van der Waals surface area contributed by atoms with Crippen molar-refractivity contribution in [1.29, 1.82) is 0 Å². The number of amides is 2. The van der Waals surface area contributed by atoms with E-state index < -0.39 is 6.29 Å². The van der Waals surface area contributed by atoms with Gasteiger partial charge in [0.2, 0.25) is 0 Å². The second kappa shape index (κ2) is 9.50. The number of aromatic nitrogens is 4. The molecule has 0 spiro atoms. The molecule has 2 fully saturated rings. The zero-order valence-corrected chi connectivity index (χ0v) is 20.7. The first-order valence-corrected chi connectivity index (χ1v) is 13.2. The third-order valence-corrected chi connectivity index (χ3v) is 8.92. The number of nitrogens with one attached hydrogen (secondary N) is 2. The number of aliphatic hydroxyl groups excluding tert-OH is 1. The molecule has 0 saturated heterocycles. The third kappa shape index (κ3) is 4.27. The molecule has 2 saturated carbocycles. The van der Waals surface area contributed by atoms with Gasteiger partial charge in [-0.3, -0.25) is 9.59 Å². The molecule has 0 radical (unpaired) electrons. The largest absolute Gasteiger partial charge is 0.368 e. The number of rotatable bonds is 5. The Balaban J connectivity index is 1.20. The number of aryl methyl sites for hydroxylation is 1. The summed E-state index contributed by atoms with van der Waals surface area (Å²) in [7, 11) is 0. The van der Waals surface area contributed by atoms with E-state index in [-0.39, 0.29) is 58.8 Å². The van der Waals surface area contributed by atoms with Crippen molar-refractivity contribution < 1.29 is 19.8 Å². The summed E-state index contributed by atoms with van der Waals surface area (Å²) in [6, 6.07) is 9.46. The number of hydrogen-bond donors (Lipinski definition) is 4. The average Bonchev–Trinajstić information content (AvgIpc) is 3.63. The summed E-state index contributed by atoms with van der Waals surface area (Å²) in [5.41, 5.74) is 2.70. The summed E-state index contributed by atoms with van der Waals surface area (Å²) in [5, 5.41) is 29.9. The molecule has 0 aliphatic heterocycles. The van der Waals surface area contributed by atoms with Crippen LogP contribution in [0, 0.1) is 23.7 Å². The van der Waals surface area contributed by atoms with Crippen LogP contribution in [0.2, 0.25) is 0 Å². The Hall–Kier alpha value is -3.37. The molecule has 2 amide bonds. The molecule has 4 unspecified atom stereocenters. The molecule has 3 aliphatic carbocycles. The van der Waals surface area contributed by atoms with E-state index in [0.29, 0.717) is 5.92 Å². The number of carbonyl (C=O) groups is 2. The molecule has 194 valence electrons. The van der Waals surface area contributed by atoms with E-state index in [1.807, 2.05) is 18.2 Å². The highest BCUT2D eigenvalue weighted by Gasteiger charge is 2.46. The average molecular weight is 505 g/mol. The van der Waals surface area contributed by atoms with Crippen LogP contribution in [-0.2, 0) is 6.42 Å². The van der Waals surface area contributed by atoms with Crippen LogP contribution in [0.15, 0.2) is 36.7 Å². The zero-order valence-electron chi connectivity index (χ0n) is 20.7. The van der Waals surface area contributed by atoms with E-state index in [0.717, 1.165) is 44.1 Å². The highest BCUT2D eigenvalue weighted by atomic mass is 16.5. The van der Waals surface area contributed by atoms with Gasteiger partial charge in [-0.25, -0.2) is 4.98 Å². The standard InChI is InChI=1S/C27H32N6O4/c1-14-16-9-11-21(19(16)8-7-17(14)26(36)37)31-25(35)23-12-22(32-27-28-13-29-33(23)27)24(34)30-20-10-6-15-4-2-3-5-18(15)20/h2-5,12-14,16-17,19-21,26,36-37H,6-11H2,1H3,(H,30,34)(H,31,35)/t14?,16?,17?,19?,20-,21+/m1/s1. The minimum absolute atomic E-state index is 0.0178. The van der Waals surface area contributed by atoms with E-state index in [4.69, 9.17) is 0 Å². The van der Waals surface area contributed by atoms with Gasteiger partial charge < -0.3 is 20.8 Å². The summed E-state index contributed by atoms with van der Waals surface area (Å²) in [5.74, 6) is 0.202. The normalized spacial score (nSPS) is 28.8. The number of hydrogen-bond acceptors (Lipinski definition) is 7. The quantitative estimate of drug-likeness (QED) is 0.390. The maximum Gasteiger partial charge on any atom is 0.270 e. The fourth-order valence-corrected chi connectivity index (χ4v) is 7.00. The van der Waals surface area contributed by atoms with Crippen molar-refractivity contribution in [1.82, 2.24) is 30.2 Å². The SMILES string of the molecule is CC1C(C(O)O)CCC2C1CC[C@@H]2NC(=O)c1cc(C(=O)N[C@@H]2CCc3ccccc32)nc2ncnn12. The van der Waals surface area contributed by atoms with Crippen molar-refractivity contribution in [3.63, 3.8) is 0 Å². The second-order valence-corrected chi connectivity index (χ2v) is 10.8. The molecular formula is C27H32N6O4. The van der Waals surface area contributed by atoms with Crippen LogP contribution >= 0.6 is 0 Å². The van der Waals surface area contributed by atoms with E-state index in [9.17, 15) is 19.8 Å². The lowest BCUT2D eigenvalue weighted by Crippen LogP contribution is -2.44. The molecule has 37 heavy (non-hydrogen) atoms. The fourth-order valence-electron chi connectivity index (χ4n) is 7.00. The Kier molecular flexibility index (Phi) is 6.16. The second-order valence-electron chi connectivity index (χ2n) is 10.8. The molecule has 10 nitrogen and oxygen atoms in total. The maximum absolute atomic E-state index is 13.5.